The van der Waals surface area contributed by atoms with Crippen LogP contribution in [0.2, 0.25) is 0 Å². The highest BCUT2D eigenvalue weighted by atomic mass is 16.4. The Kier molecular flexibility index (Phi) is 2.99. The quantitative estimate of drug-likeness (QED) is 0.746. The van der Waals surface area contributed by atoms with Crippen molar-refractivity contribution in [3.05, 3.63) is 29.8 Å². The Hall–Kier alpha value is -2.04. The summed E-state index contributed by atoms with van der Waals surface area (Å²) in [7, 11) is 0. The molecule has 0 aromatic heterocycles. The third kappa shape index (κ3) is 2.22. The zero-order valence-electron chi connectivity index (χ0n) is 9.30. The van der Waals surface area contributed by atoms with E-state index in [0.717, 1.165) is 6.42 Å². The number of hydrogen-bond acceptors (Lipinski definition) is 3. The molecule has 0 spiro atoms. The average molecular weight is 234 g/mol. The van der Waals surface area contributed by atoms with Crippen LogP contribution in [0.15, 0.2) is 24.3 Å². The maximum absolute atomic E-state index is 12.1. The molecule has 1 heterocycles. The number of hydrogen-bond donors (Lipinski definition) is 2. The van der Waals surface area contributed by atoms with Crippen molar-refractivity contribution in [1.82, 2.24) is 4.90 Å². The van der Waals surface area contributed by atoms with Crippen LogP contribution in [0.4, 0.5) is 5.69 Å². The maximum Gasteiger partial charge on any atom is 0.326 e. The van der Waals surface area contributed by atoms with E-state index in [9.17, 15) is 9.59 Å². The maximum atomic E-state index is 12.1. The molecule has 1 atom stereocenters. The molecule has 5 nitrogen and oxygen atoms in total. The van der Waals surface area contributed by atoms with E-state index in [1.54, 1.807) is 24.3 Å². The number of nitrogens with two attached hydrogens (primary N) is 1. The summed E-state index contributed by atoms with van der Waals surface area (Å²) in [4.78, 5) is 24.5. The lowest BCUT2D eigenvalue weighted by molar-refractivity contribution is -0.141. The summed E-state index contributed by atoms with van der Waals surface area (Å²) < 4.78 is 0. The SMILES string of the molecule is Nc1ccc(C(=O)N2CCC[C@@H]2C(=O)O)cc1. The molecule has 1 aromatic carbocycles. The summed E-state index contributed by atoms with van der Waals surface area (Å²) in [5, 5.41) is 9.01. The Morgan fingerprint density at radius 3 is 2.53 bits per heavy atom. The number of anilines is 1. The van der Waals surface area contributed by atoms with Crippen molar-refractivity contribution in [3.8, 4) is 0 Å². The van der Waals surface area contributed by atoms with E-state index in [2.05, 4.69) is 0 Å². The highest BCUT2D eigenvalue weighted by molar-refractivity contribution is 5.97. The van der Waals surface area contributed by atoms with Gasteiger partial charge in [0, 0.05) is 17.8 Å². The third-order valence-corrected chi connectivity index (χ3v) is 2.96. The Morgan fingerprint density at radius 2 is 1.94 bits per heavy atom. The van der Waals surface area contributed by atoms with Crippen LogP contribution in [0.25, 0.3) is 0 Å². The minimum absolute atomic E-state index is 0.241. The van der Waals surface area contributed by atoms with E-state index in [4.69, 9.17) is 10.8 Å². The first-order chi connectivity index (χ1) is 8.09. The van der Waals surface area contributed by atoms with Crippen molar-refractivity contribution < 1.29 is 14.7 Å². The number of amides is 1. The predicted octanol–water partition coefficient (Wildman–Crippen LogP) is 0.958. The number of nitrogen functional groups attached to an aromatic ring is 1. The van der Waals surface area contributed by atoms with Gasteiger partial charge in [-0.05, 0) is 37.1 Å². The van der Waals surface area contributed by atoms with Crippen molar-refractivity contribution in [2.75, 3.05) is 12.3 Å². The fourth-order valence-electron chi connectivity index (χ4n) is 2.06. The molecule has 3 N–H and O–H groups in total. The van der Waals surface area contributed by atoms with Crippen molar-refractivity contribution in [1.29, 1.82) is 0 Å². The second-order valence-corrected chi connectivity index (χ2v) is 4.12. The van der Waals surface area contributed by atoms with Gasteiger partial charge in [-0.2, -0.15) is 0 Å². The molecule has 0 saturated carbocycles. The number of likely N-dealkylation sites (tertiary alicyclic amines) is 1. The van der Waals surface area contributed by atoms with Crippen LogP contribution in [0, 0.1) is 0 Å². The molecule has 1 aromatic rings. The van der Waals surface area contributed by atoms with Gasteiger partial charge < -0.3 is 15.7 Å². The number of nitrogens with zero attached hydrogens (tertiary/aromatic N) is 1. The summed E-state index contributed by atoms with van der Waals surface area (Å²) in [6, 6.07) is 5.82. The van der Waals surface area contributed by atoms with Gasteiger partial charge in [-0.1, -0.05) is 0 Å². The predicted molar refractivity (Wildman–Crippen MR) is 62.5 cm³/mol. The average Bonchev–Trinajstić information content (AvgIpc) is 2.78. The summed E-state index contributed by atoms with van der Waals surface area (Å²) in [5.74, 6) is -1.18. The van der Waals surface area contributed by atoms with Crippen LogP contribution in [-0.2, 0) is 4.79 Å². The van der Waals surface area contributed by atoms with Crippen LogP contribution in [-0.4, -0.2) is 34.5 Å². The van der Waals surface area contributed by atoms with Gasteiger partial charge in [0.2, 0.25) is 0 Å². The molecule has 17 heavy (non-hydrogen) atoms. The first kappa shape index (κ1) is 11.4. The lowest BCUT2D eigenvalue weighted by Crippen LogP contribution is -2.40. The molecule has 1 fully saturated rings. The van der Waals surface area contributed by atoms with Crippen LogP contribution in [0.3, 0.4) is 0 Å². The van der Waals surface area contributed by atoms with Gasteiger partial charge in [0.05, 0.1) is 0 Å². The standard InChI is InChI=1S/C12H14N2O3/c13-9-5-3-8(4-6-9)11(15)14-7-1-2-10(14)12(16)17/h3-6,10H,1-2,7,13H2,(H,16,17)/t10-/m1/s1. The van der Waals surface area contributed by atoms with Crippen LogP contribution in [0.1, 0.15) is 23.2 Å². The van der Waals surface area contributed by atoms with Crippen LogP contribution in [0.5, 0.6) is 0 Å². The minimum atomic E-state index is -0.939. The monoisotopic (exact) mass is 234 g/mol. The summed E-state index contributed by atoms with van der Waals surface area (Å²) in [6.45, 7) is 0.500. The zero-order chi connectivity index (χ0) is 12.4. The summed E-state index contributed by atoms with van der Waals surface area (Å²) >= 11 is 0. The van der Waals surface area contributed by atoms with Crippen LogP contribution < -0.4 is 5.73 Å². The van der Waals surface area contributed by atoms with Gasteiger partial charge in [-0.3, -0.25) is 4.79 Å². The van der Waals surface area contributed by atoms with Gasteiger partial charge in [-0.15, -0.1) is 0 Å². The molecule has 1 amide bonds. The molecule has 0 bridgehead atoms. The number of rotatable bonds is 2. The Balaban J connectivity index is 2.19. The van der Waals surface area contributed by atoms with E-state index >= 15 is 0 Å². The lowest BCUT2D eigenvalue weighted by atomic mass is 10.1. The molecular weight excluding hydrogens is 220 g/mol. The number of carbonyl (C=O) groups excluding carboxylic acids is 1. The number of carboxylic acids is 1. The normalized spacial score (nSPS) is 19.3. The molecule has 1 aliphatic rings. The molecule has 2 rings (SSSR count). The fourth-order valence-corrected chi connectivity index (χ4v) is 2.06. The molecular formula is C12H14N2O3. The van der Waals surface area contributed by atoms with Gasteiger partial charge in [0.15, 0.2) is 0 Å². The Bertz CT molecular complexity index is 442. The van der Waals surface area contributed by atoms with E-state index in [1.807, 2.05) is 0 Å². The molecule has 1 saturated heterocycles. The van der Waals surface area contributed by atoms with E-state index in [0.29, 0.717) is 24.2 Å². The fraction of sp³-hybridized carbons (Fsp3) is 0.333. The Labute approximate surface area is 98.8 Å². The van der Waals surface area contributed by atoms with Crippen molar-refractivity contribution >= 4 is 17.6 Å². The van der Waals surface area contributed by atoms with Crippen molar-refractivity contribution in [2.45, 2.75) is 18.9 Å². The Morgan fingerprint density at radius 1 is 1.29 bits per heavy atom. The molecule has 5 heteroatoms. The summed E-state index contributed by atoms with van der Waals surface area (Å²) in [5.41, 5.74) is 6.60. The largest absolute Gasteiger partial charge is 0.480 e. The lowest BCUT2D eigenvalue weighted by Gasteiger charge is -2.21. The van der Waals surface area contributed by atoms with Crippen LogP contribution >= 0.6 is 0 Å². The zero-order valence-corrected chi connectivity index (χ0v) is 9.30. The van der Waals surface area contributed by atoms with Gasteiger partial charge in [0.25, 0.3) is 5.91 Å². The van der Waals surface area contributed by atoms with Gasteiger partial charge >= 0.3 is 5.97 Å². The number of carboxylic acid groups (broad SMARTS) is 1. The number of benzene rings is 1. The molecule has 0 aliphatic carbocycles. The molecule has 0 radical (unpaired) electrons. The second kappa shape index (κ2) is 4.45. The minimum Gasteiger partial charge on any atom is -0.480 e. The third-order valence-electron chi connectivity index (χ3n) is 2.96. The van der Waals surface area contributed by atoms with E-state index in [1.165, 1.54) is 4.90 Å². The molecule has 1 aliphatic heterocycles. The van der Waals surface area contributed by atoms with Crippen molar-refractivity contribution in [3.63, 3.8) is 0 Å². The van der Waals surface area contributed by atoms with E-state index in [-0.39, 0.29) is 5.91 Å². The topological polar surface area (TPSA) is 83.6 Å². The smallest absolute Gasteiger partial charge is 0.326 e. The van der Waals surface area contributed by atoms with Gasteiger partial charge in [-0.25, -0.2) is 4.79 Å². The number of carbonyl (C=O) groups is 2. The highest BCUT2D eigenvalue weighted by Gasteiger charge is 2.34. The highest BCUT2D eigenvalue weighted by Crippen LogP contribution is 2.20. The molecule has 0 unspecified atom stereocenters. The second-order valence-electron chi connectivity index (χ2n) is 4.12. The van der Waals surface area contributed by atoms with Gasteiger partial charge in [0.1, 0.15) is 6.04 Å². The van der Waals surface area contributed by atoms with E-state index < -0.39 is 12.0 Å². The van der Waals surface area contributed by atoms with Crippen molar-refractivity contribution in [2.24, 2.45) is 0 Å². The first-order valence-electron chi connectivity index (χ1n) is 5.49. The molecule has 90 valence electrons. The number of aliphatic carboxylic acids is 1. The summed E-state index contributed by atoms with van der Waals surface area (Å²) in [6.07, 6.45) is 1.26. The first-order valence-corrected chi connectivity index (χ1v) is 5.49.